The fourth-order valence-electron chi connectivity index (χ4n) is 4.94. The van der Waals surface area contributed by atoms with E-state index >= 15 is 0 Å². The van der Waals surface area contributed by atoms with E-state index in [9.17, 15) is 10.2 Å². The summed E-state index contributed by atoms with van der Waals surface area (Å²) in [6.45, 7) is 4.52. The highest BCUT2D eigenvalue weighted by Gasteiger charge is 2.37. The lowest BCUT2D eigenvalue weighted by Gasteiger charge is -2.33. The van der Waals surface area contributed by atoms with E-state index in [-0.39, 0.29) is 6.61 Å². The number of para-hydroxylation sites is 1. The van der Waals surface area contributed by atoms with Gasteiger partial charge in [0.1, 0.15) is 17.9 Å². The van der Waals surface area contributed by atoms with Crippen LogP contribution in [0.5, 0.6) is 0 Å². The minimum atomic E-state index is -1.05. The van der Waals surface area contributed by atoms with Gasteiger partial charge in [-0.15, -0.1) is 0 Å². The van der Waals surface area contributed by atoms with Crippen molar-refractivity contribution >= 4 is 22.7 Å². The predicted octanol–water partition coefficient (Wildman–Crippen LogP) is 2.35. The summed E-state index contributed by atoms with van der Waals surface area (Å²) in [5.41, 5.74) is 3.62. The van der Waals surface area contributed by atoms with Gasteiger partial charge in [-0.3, -0.25) is 9.80 Å². The molecule has 2 aromatic heterocycles. The fraction of sp³-hybridized carbons (Fsp3) is 0.333. The molecule has 36 heavy (non-hydrogen) atoms. The summed E-state index contributed by atoms with van der Waals surface area (Å²) in [7, 11) is 0. The molecule has 0 unspecified atom stereocenters. The van der Waals surface area contributed by atoms with Crippen LogP contribution in [0.4, 0.5) is 11.6 Å². The molecular weight excluding hydrogens is 456 g/mol. The van der Waals surface area contributed by atoms with Crippen molar-refractivity contribution in [3.63, 3.8) is 0 Å². The van der Waals surface area contributed by atoms with Gasteiger partial charge in [0, 0.05) is 55.2 Å². The number of fused-ring (bicyclic) bond motifs is 1. The molecule has 2 fully saturated rings. The van der Waals surface area contributed by atoms with Crippen molar-refractivity contribution < 1.29 is 14.9 Å². The van der Waals surface area contributed by atoms with Crippen molar-refractivity contribution in [3.8, 4) is 11.1 Å². The number of piperazine rings is 1. The molecule has 0 bridgehead atoms. The van der Waals surface area contributed by atoms with Crippen molar-refractivity contribution in [2.45, 2.75) is 18.4 Å². The average Bonchev–Trinajstić information content (AvgIpc) is 3.47. The van der Waals surface area contributed by atoms with Crippen molar-refractivity contribution in [1.82, 2.24) is 24.8 Å². The number of nitrogens with one attached hydrogen (secondary N) is 1. The van der Waals surface area contributed by atoms with Crippen molar-refractivity contribution in [2.24, 2.45) is 0 Å². The van der Waals surface area contributed by atoms with Gasteiger partial charge in [-0.2, -0.15) is 4.98 Å². The van der Waals surface area contributed by atoms with Crippen LogP contribution in [0.2, 0.25) is 0 Å². The smallest absolute Gasteiger partial charge is 0.233 e. The first-order valence-electron chi connectivity index (χ1n) is 12.4. The molecule has 186 valence electrons. The van der Waals surface area contributed by atoms with Gasteiger partial charge in [-0.25, -0.2) is 4.98 Å². The molecule has 3 N–H and O–H groups in total. The molecule has 4 heterocycles. The maximum absolute atomic E-state index is 10.7. The van der Waals surface area contributed by atoms with Crippen LogP contribution >= 0.6 is 0 Å². The SMILES string of the molecule is O[C@@H]1[C@H](O)CO[C@H]1n1cc(-c2ccccc2)c2cnc(N(CN3CCNCC3)c3ccccc3)nc21. The van der Waals surface area contributed by atoms with Crippen LogP contribution < -0.4 is 10.2 Å². The molecule has 0 radical (unpaired) electrons. The van der Waals surface area contributed by atoms with Crippen LogP contribution in [0.25, 0.3) is 22.2 Å². The molecule has 2 saturated heterocycles. The van der Waals surface area contributed by atoms with Crippen LogP contribution in [0.15, 0.2) is 73.1 Å². The Labute approximate surface area is 209 Å². The zero-order chi connectivity index (χ0) is 24.5. The van der Waals surface area contributed by atoms with E-state index in [4.69, 9.17) is 14.7 Å². The summed E-state index contributed by atoms with van der Waals surface area (Å²) in [6, 6.07) is 20.2. The van der Waals surface area contributed by atoms with E-state index in [2.05, 4.69) is 27.2 Å². The van der Waals surface area contributed by atoms with Gasteiger partial charge in [0.05, 0.1) is 13.3 Å². The minimum Gasteiger partial charge on any atom is -0.388 e. The van der Waals surface area contributed by atoms with Gasteiger partial charge in [0.25, 0.3) is 0 Å². The maximum atomic E-state index is 10.7. The van der Waals surface area contributed by atoms with Crippen LogP contribution in [-0.2, 0) is 4.74 Å². The Bertz CT molecular complexity index is 1310. The summed E-state index contributed by atoms with van der Waals surface area (Å²) in [5, 5.41) is 25.1. The summed E-state index contributed by atoms with van der Waals surface area (Å²) < 4.78 is 7.63. The zero-order valence-corrected chi connectivity index (χ0v) is 19.9. The van der Waals surface area contributed by atoms with Gasteiger partial charge >= 0.3 is 0 Å². The lowest BCUT2D eigenvalue weighted by molar-refractivity contribution is -0.0159. The first kappa shape index (κ1) is 23.1. The van der Waals surface area contributed by atoms with Crippen LogP contribution in [0, 0.1) is 0 Å². The standard InChI is InChI=1S/C27H30N6O3/c34-23-17-36-26(24(23)35)32-16-22(19-7-3-1-4-8-19)21-15-29-27(30-25(21)32)33(20-9-5-2-6-10-20)18-31-13-11-28-12-14-31/h1-10,15-16,23-24,26,28,34-35H,11-14,17-18H2/t23-,24-,26-/m1/s1. The number of aliphatic hydroxyl groups excluding tert-OH is 2. The van der Waals surface area contributed by atoms with E-state index in [1.165, 1.54) is 0 Å². The second-order valence-electron chi connectivity index (χ2n) is 9.28. The second-order valence-corrected chi connectivity index (χ2v) is 9.28. The number of aromatic nitrogens is 3. The first-order chi connectivity index (χ1) is 17.7. The Morgan fingerprint density at radius 1 is 1.00 bits per heavy atom. The molecule has 9 nitrogen and oxygen atoms in total. The third kappa shape index (κ3) is 4.36. The van der Waals surface area contributed by atoms with Crippen LogP contribution in [0.3, 0.4) is 0 Å². The zero-order valence-electron chi connectivity index (χ0n) is 19.9. The Hall–Kier alpha value is -3.34. The summed E-state index contributed by atoms with van der Waals surface area (Å²) >= 11 is 0. The highest BCUT2D eigenvalue weighted by Crippen LogP contribution is 2.36. The van der Waals surface area contributed by atoms with Gasteiger partial charge in [-0.1, -0.05) is 48.5 Å². The van der Waals surface area contributed by atoms with E-state index in [1.54, 1.807) is 0 Å². The summed E-state index contributed by atoms with van der Waals surface area (Å²) in [5.74, 6) is 0.569. The van der Waals surface area contributed by atoms with Crippen LogP contribution in [0.1, 0.15) is 6.23 Å². The number of rotatable bonds is 6. The highest BCUT2D eigenvalue weighted by molar-refractivity contribution is 5.94. The highest BCUT2D eigenvalue weighted by atomic mass is 16.5. The minimum absolute atomic E-state index is 0.0727. The quantitative estimate of drug-likeness (QED) is 0.382. The largest absolute Gasteiger partial charge is 0.388 e. The normalized spacial score (nSPS) is 22.8. The Morgan fingerprint density at radius 3 is 2.42 bits per heavy atom. The number of benzene rings is 2. The molecule has 0 aliphatic carbocycles. The lowest BCUT2D eigenvalue weighted by atomic mass is 10.1. The molecule has 0 amide bonds. The molecule has 9 heteroatoms. The Morgan fingerprint density at radius 2 is 1.72 bits per heavy atom. The molecule has 2 aliphatic rings. The third-order valence-corrected chi connectivity index (χ3v) is 6.90. The van der Waals surface area contributed by atoms with E-state index in [0.717, 1.165) is 48.4 Å². The molecule has 3 atom stereocenters. The van der Waals surface area contributed by atoms with E-state index < -0.39 is 18.4 Å². The summed E-state index contributed by atoms with van der Waals surface area (Å²) in [4.78, 5) is 14.3. The van der Waals surface area contributed by atoms with E-state index in [0.29, 0.717) is 18.3 Å². The topological polar surface area (TPSA) is 98.9 Å². The number of anilines is 2. The van der Waals surface area contributed by atoms with Crippen molar-refractivity contribution in [2.75, 3.05) is 44.4 Å². The van der Waals surface area contributed by atoms with Gasteiger partial charge in [-0.05, 0) is 17.7 Å². The van der Waals surface area contributed by atoms with Gasteiger partial charge in [0.2, 0.25) is 5.95 Å². The first-order valence-corrected chi connectivity index (χ1v) is 12.4. The second kappa shape index (κ2) is 9.96. The Kier molecular flexibility index (Phi) is 6.39. The number of nitrogens with zero attached hydrogens (tertiary/aromatic N) is 5. The molecule has 6 rings (SSSR count). The maximum Gasteiger partial charge on any atom is 0.233 e. The summed E-state index contributed by atoms with van der Waals surface area (Å²) in [6.07, 6.45) is 1.06. The molecule has 2 aliphatic heterocycles. The molecule has 2 aromatic carbocycles. The monoisotopic (exact) mass is 486 g/mol. The number of ether oxygens (including phenoxy) is 1. The fourth-order valence-corrected chi connectivity index (χ4v) is 4.94. The molecule has 0 spiro atoms. The Balaban J connectivity index is 1.47. The van der Waals surface area contributed by atoms with Gasteiger partial charge in [0.15, 0.2) is 6.23 Å². The van der Waals surface area contributed by atoms with Crippen molar-refractivity contribution in [1.29, 1.82) is 0 Å². The lowest BCUT2D eigenvalue weighted by Crippen LogP contribution is -2.47. The molecular formula is C27H30N6O3. The van der Waals surface area contributed by atoms with Crippen molar-refractivity contribution in [3.05, 3.63) is 73.1 Å². The molecule has 4 aromatic rings. The number of hydrogen-bond acceptors (Lipinski definition) is 8. The van der Waals surface area contributed by atoms with E-state index in [1.807, 2.05) is 65.5 Å². The van der Waals surface area contributed by atoms with Gasteiger partial charge < -0.3 is 24.8 Å². The third-order valence-electron chi connectivity index (χ3n) is 6.90. The number of hydrogen-bond donors (Lipinski definition) is 3. The molecule has 0 saturated carbocycles. The van der Waals surface area contributed by atoms with Crippen LogP contribution in [-0.4, -0.2) is 81.3 Å². The number of aliphatic hydroxyl groups is 2. The average molecular weight is 487 g/mol. The predicted molar refractivity (Wildman–Crippen MR) is 138 cm³/mol.